The Morgan fingerprint density at radius 2 is 1.90 bits per heavy atom. The summed E-state index contributed by atoms with van der Waals surface area (Å²) in [4.78, 5) is 39.4. The van der Waals surface area contributed by atoms with Gasteiger partial charge < -0.3 is 15.5 Å². The summed E-state index contributed by atoms with van der Waals surface area (Å²) in [5, 5.41) is 5.70. The Bertz CT molecular complexity index is 929. The van der Waals surface area contributed by atoms with Crippen molar-refractivity contribution in [3.8, 4) is 0 Å². The van der Waals surface area contributed by atoms with E-state index in [9.17, 15) is 14.4 Å². The topological polar surface area (TPSA) is 78.5 Å². The Morgan fingerprint density at radius 1 is 1.10 bits per heavy atom. The zero-order chi connectivity index (χ0) is 20.2. The largest absolute Gasteiger partial charge is 0.348 e. The number of amides is 3. The zero-order valence-electron chi connectivity index (χ0n) is 16.0. The van der Waals surface area contributed by atoms with E-state index in [0.29, 0.717) is 18.5 Å². The van der Waals surface area contributed by atoms with Crippen LogP contribution in [-0.2, 0) is 9.59 Å². The second-order valence-electron chi connectivity index (χ2n) is 7.17. The fourth-order valence-electron chi connectivity index (χ4n) is 3.71. The smallest absolute Gasteiger partial charge is 0.251 e. The van der Waals surface area contributed by atoms with E-state index in [1.807, 2.05) is 18.2 Å². The number of thioether (sulfide) groups is 1. The van der Waals surface area contributed by atoms with Gasteiger partial charge in [-0.25, -0.2) is 0 Å². The van der Waals surface area contributed by atoms with E-state index in [1.165, 1.54) is 4.90 Å². The first kappa shape index (κ1) is 19.5. The highest BCUT2D eigenvalue weighted by Gasteiger charge is 2.23. The quantitative estimate of drug-likeness (QED) is 0.796. The minimum Gasteiger partial charge on any atom is -0.348 e. The number of rotatable bonds is 5. The summed E-state index contributed by atoms with van der Waals surface area (Å²) in [5.41, 5.74) is 2.40. The third kappa shape index (κ3) is 4.45. The Kier molecular flexibility index (Phi) is 5.85. The Hall–Kier alpha value is -2.80. The van der Waals surface area contributed by atoms with Crippen LogP contribution in [0.4, 0.5) is 5.69 Å². The van der Waals surface area contributed by atoms with Crippen LogP contribution in [0.3, 0.4) is 0 Å². The normalized spacial score (nSPS) is 18.3. The lowest BCUT2D eigenvalue weighted by Crippen LogP contribution is -2.39. The molecule has 0 unspecified atom stereocenters. The van der Waals surface area contributed by atoms with Crippen LogP contribution < -0.4 is 15.5 Å². The second-order valence-corrected chi connectivity index (χ2v) is 8.31. The van der Waals surface area contributed by atoms with Crippen LogP contribution in [0.15, 0.2) is 53.4 Å². The maximum atomic E-state index is 12.4. The molecule has 1 atom stereocenters. The number of benzene rings is 2. The number of hydrogen-bond donors (Lipinski definition) is 2. The molecule has 0 bridgehead atoms. The van der Waals surface area contributed by atoms with E-state index in [4.69, 9.17) is 0 Å². The van der Waals surface area contributed by atoms with Gasteiger partial charge in [0.2, 0.25) is 11.8 Å². The number of nitrogens with one attached hydrogen (secondary N) is 2. The van der Waals surface area contributed by atoms with Crippen LogP contribution in [0.2, 0.25) is 0 Å². The first-order valence-corrected chi connectivity index (χ1v) is 10.8. The first-order valence-electron chi connectivity index (χ1n) is 9.81. The van der Waals surface area contributed by atoms with Crippen LogP contribution in [-0.4, -0.2) is 36.6 Å². The molecular formula is C22H23N3O3S. The SMILES string of the molecule is O=C(CNC(=O)c1ccc(N2CCCC2=O)cc1)N[C@H]1CCSc2ccccc21. The third-order valence-electron chi connectivity index (χ3n) is 5.22. The van der Waals surface area contributed by atoms with Gasteiger partial charge in [-0.1, -0.05) is 18.2 Å². The van der Waals surface area contributed by atoms with E-state index in [-0.39, 0.29) is 30.3 Å². The molecule has 1 fully saturated rings. The molecule has 0 spiro atoms. The molecule has 150 valence electrons. The molecule has 1 saturated heterocycles. The number of anilines is 1. The molecule has 29 heavy (non-hydrogen) atoms. The molecule has 3 amide bonds. The average molecular weight is 410 g/mol. The molecule has 6 nitrogen and oxygen atoms in total. The number of nitrogens with zero attached hydrogens (tertiary/aromatic N) is 1. The van der Waals surface area contributed by atoms with Crippen molar-refractivity contribution in [2.24, 2.45) is 0 Å². The highest BCUT2D eigenvalue weighted by molar-refractivity contribution is 7.99. The third-order valence-corrected chi connectivity index (χ3v) is 6.34. The summed E-state index contributed by atoms with van der Waals surface area (Å²) < 4.78 is 0. The standard InChI is InChI=1S/C22H23N3O3S/c26-20(24-18-11-13-29-19-5-2-1-4-17(18)19)14-23-22(28)15-7-9-16(10-8-15)25-12-3-6-21(25)27/h1-2,4-5,7-10,18H,3,6,11-14H2,(H,23,28)(H,24,26)/t18-/m0/s1. The fourth-order valence-corrected chi connectivity index (χ4v) is 4.84. The van der Waals surface area contributed by atoms with Gasteiger partial charge in [-0.05, 0) is 48.7 Å². The molecule has 2 aliphatic rings. The monoisotopic (exact) mass is 409 g/mol. The molecule has 2 aromatic rings. The van der Waals surface area contributed by atoms with E-state index >= 15 is 0 Å². The molecule has 2 N–H and O–H groups in total. The number of hydrogen-bond acceptors (Lipinski definition) is 4. The minimum atomic E-state index is -0.306. The van der Waals surface area contributed by atoms with Gasteiger partial charge in [0.05, 0.1) is 12.6 Å². The molecule has 4 rings (SSSR count). The van der Waals surface area contributed by atoms with E-state index in [0.717, 1.165) is 29.8 Å². The molecule has 2 aromatic carbocycles. The van der Waals surface area contributed by atoms with Crippen molar-refractivity contribution < 1.29 is 14.4 Å². The number of carbonyl (C=O) groups excluding carboxylic acids is 3. The average Bonchev–Trinajstić information content (AvgIpc) is 3.18. The van der Waals surface area contributed by atoms with Crippen molar-refractivity contribution in [1.29, 1.82) is 0 Å². The van der Waals surface area contributed by atoms with Crippen LogP contribution in [0.1, 0.15) is 41.2 Å². The van der Waals surface area contributed by atoms with Crippen molar-refractivity contribution >= 4 is 35.2 Å². The van der Waals surface area contributed by atoms with Crippen molar-refractivity contribution in [2.75, 3.05) is 23.7 Å². The summed E-state index contributed by atoms with van der Waals surface area (Å²) in [6, 6.07) is 15.0. The molecule has 0 radical (unpaired) electrons. The maximum absolute atomic E-state index is 12.4. The summed E-state index contributed by atoms with van der Waals surface area (Å²) in [5.74, 6) is 0.560. The Labute approximate surface area is 174 Å². The molecular weight excluding hydrogens is 386 g/mol. The van der Waals surface area contributed by atoms with Gasteiger partial charge in [0.25, 0.3) is 5.91 Å². The first-order chi connectivity index (χ1) is 14.1. The molecule has 2 heterocycles. The Morgan fingerprint density at radius 3 is 2.66 bits per heavy atom. The lowest BCUT2D eigenvalue weighted by Gasteiger charge is -2.25. The molecule has 7 heteroatoms. The summed E-state index contributed by atoms with van der Waals surface area (Å²) >= 11 is 1.80. The van der Waals surface area contributed by atoms with Gasteiger partial charge >= 0.3 is 0 Å². The van der Waals surface area contributed by atoms with Gasteiger partial charge in [-0.3, -0.25) is 14.4 Å². The molecule has 0 saturated carbocycles. The summed E-state index contributed by atoms with van der Waals surface area (Å²) in [7, 11) is 0. The summed E-state index contributed by atoms with van der Waals surface area (Å²) in [6.45, 7) is 0.643. The fraction of sp³-hybridized carbons (Fsp3) is 0.318. The van der Waals surface area contributed by atoms with E-state index in [2.05, 4.69) is 16.7 Å². The van der Waals surface area contributed by atoms with E-state index < -0.39 is 0 Å². The van der Waals surface area contributed by atoms with Gasteiger partial charge in [0, 0.05) is 34.9 Å². The summed E-state index contributed by atoms with van der Waals surface area (Å²) in [6.07, 6.45) is 2.31. The highest BCUT2D eigenvalue weighted by Crippen LogP contribution is 2.35. The van der Waals surface area contributed by atoms with Crippen LogP contribution in [0.5, 0.6) is 0 Å². The van der Waals surface area contributed by atoms with Crippen molar-refractivity contribution in [3.63, 3.8) is 0 Å². The maximum Gasteiger partial charge on any atom is 0.251 e. The lowest BCUT2D eigenvalue weighted by atomic mass is 10.0. The second kappa shape index (κ2) is 8.69. The van der Waals surface area contributed by atoms with Gasteiger partial charge in [0.1, 0.15) is 0 Å². The number of fused-ring (bicyclic) bond motifs is 1. The predicted octanol–water partition coefficient (Wildman–Crippen LogP) is 2.90. The predicted molar refractivity (Wildman–Crippen MR) is 113 cm³/mol. The van der Waals surface area contributed by atoms with Crippen molar-refractivity contribution in [1.82, 2.24) is 10.6 Å². The van der Waals surface area contributed by atoms with Crippen molar-refractivity contribution in [3.05, 3.63) is 59.7 Å². The van der Waals surface area contributed by atoms with Gasteiger partial charge in [-0.15, -0.1) is 11.8 Å². The minimum absolute atomic E-state index is 0.0193. The van der Waals surface area contributed by atoms with E-state index in [1.54, 1.807) is 40.9 Å². The molecule has 2 aliphatic heterocycles. The van der Waals surface area contributed by atoms with Crippen LogP contribution >= 0.6 is 11.8 Å². The highest BCUT2D eigenvalue weighted by atomic mass is 32.2. The van der Waals surface area contributed by atoms with Gasteiger partial charge in [-0.2, -0.15) is 0 Å². The van der Waals surface area contributed by atoms with Crippen LogP contribution in [0.25, 0.3) is 0 Å². The molecule has 0 aliphatic carbocycles. The van der Waals surface area contributed by atoms with Crippen LogP contribution in [0, 0.1) is 0 Å². The molecule has 0 aromatic heterocycles. The zero-order valence-corrected chi connectivity index (χ0v) is 16.8. The van der Waals surface area contributed by atoms with Crippen molar-refractivity contribution in [2.45, 2.75) is 30.2 Å². The number of carbonyl (C=O) groups is 3. The lowest BCUT2D eigenvalue weighted by molar-refractivity contribution is -0.121. The Balaban J connectivity index is 1.30. The van der Waals surface area contributed by atoms with Gasteiger partial charge in [0.15, 0.2) is 0 Å².